The molecule has 0 amide bonds. The van der Waals surface area contributed by atoms with E-state index in [-0.39, 0.29) is 0 Å². The Labute approximate surface area is 95.4 Å². The summed E-state index contributed by atoms with van der Waals surface area (Å²) in [5.74, 6) is 0.794. The molecule has 16 heavy (non-hydrogen) atoms. The highest BCUT2D eigenvalue weighted by molar-refractivity contribution is 5.83. The van der Waals surface area contributed by atoms with Crippen LogP contribution in [0, 0.1) is 5.92 Å². The number of aromatic nitrogens is 1. The lowest BCUT2D eigenvalue weighted by Gasteiger charge is -1.95. The minimum Gasteiger partial charge on any atom is -0.361 e. The summed E-state index contributed by atoms with van der Waals surface area (Å²) < 4.78 is 0. The van der Waals surface area contributed by atoms with E-state index in [0.29, 0.717) is 0 Å². The number of benzene rings is 1. The van der Waals surface area contributed by atoms with Gasteiger partial charge in [-0.05, 0) is 36.8 Å². The van der Waals surface area contributed by atoms with Crippen LogP contribution >= 0.6 is 0 Å². The first kappa shape index (κ1) is 9.64. The van der Waals surface area contributed by atoms with Gasteiger partial charge in [0.15, 0.2) is 0 Å². The molecule has 3 rings (SSSR count). The fourth-order valence-electron chi connectivity index (χ4n) is 1.99. The number of nitrogens with zero attached hydrogens (tertiary/aromatic N) is 1. The van der Waals surface area contributed by atoms with Crippen LogP contribution in [0.4, 0.5) is 0 Å². The van der Waals surface area contributed by atoms with Crippen molar-refractivity contribution in [1.82, 2.24) is 4.98 Å². The maximum Gasteiger partial charge on any atom is 0.0456 e. The summed E-state index contributed by atoms with van der Waals surface area (Å²) in [7, 11) is 0. The van der Waals surface area contributed by atoms with Gasteiger partial charge in [-0.25, -0.2) is 0 Å². The predicted molar refractivity (Wildman–Crippen MR) is 68.1 cm³/mol. The van der Waals surface area contributed by atoms with Gasteiger partial charge in [0.2, 0.25) is 0 Å². The number of H-pyrrole nitrogens is 1. The second-order valence-electron chi connectivity index (χ2n) is 4.50. The van der Waals surface area contributed by atoms with E-state index < -0.39 is 0 Å². The minimum atomic E-state index is 0.794. The Morgan fingerprint density at radius 2 is 2.19 bits per heavy atom. The standard InChI is InChI=1S/C14H16N2/c1-2-4-14-13(3-1)12(10-16-14)7-8-15-9-11-5-6-11/h1-4,9-11,16H,5-8H2. The Bertz CT molecular complexity index is 506. The van der Waals surface area contributed by atoms with Crippen LogP contribution in [0.3, 0.4) is 0 Å². The molecule has 1 saturated carbocycles. The predicted octanol–water partition coefficient (Wildman–Crippen LogP) is 3.19. The van der Waals surface area contributed by atoms with E-state index in [2.05, 4.69) is 46.7 Å². The molecule has 82 valence electrons. The summed E-state index contributed by atoms with van der Waals surface area (Å²) >= 11 is 0. The molecule has 1 aliphatic carbocycles. The minimum absolute atomic E-state index is 0.794. The monoisotopic (exact) mass is 212 g/mol. The van der Waals surface area contributed by atoms with Gasteiger partial charge >= 0.3 is 0 Å². The number of hydrogen-bond acceptors (Lipinski definition) is 1. The molecule has 2 nitrogen and oxygen atoms in total. The number of aliphatic imine (C=N–C) groups is 1. The topological polar surface area (TPSA) is 28.1 Å². The molecule has 1 fully saturated rings. The van der Waals surface area contributed by atoms with Crippen molar-refractivity contribution in [3.8, 4) is 0 Å². The van der Waals surface area contributed by atoms with Crippen molar-refractivity contribution in [3.63, 3.8) is 0 Å². The first-order valence-corrected chi connectivity index (χ1v) is 5.98. The van der Waals surface area contributed by atoms with Crippen molar-refractivity contribution in [2.45, 2.75) is 19.3 Å². The van der Waals surface area contributed by atoms with Gasteiger partial charge in [-0.2, -0.15) is 0 Å². The summed E-state index contributed by atoms with van der Waals surface area (Å²) in [5.41, 5.74) is 2.60. The molecule has 0 aliphatic heterocycles. The number of para-hydroxylation sites is 1. The van der Waals surface area contributed by atoms with E-state index in [1.807, 2.05) is 0 Å². The lowest BCUT2D eigenvalue weighted by atomic mass is 10.1. The number of rotatable bonds is 4. The van der Waals surface area contributed by atoms with E-state index >= 15 is 0 Å². The Morgan fingerprint density at radius 3 is 3.06 bits per heavy atom. The van der Waals surface area contributed by atoms with Crippen LogP contribution in [-0.2, 0) is 6.42 Å². The number of nitrogens with one attached hydrogen (secondary N) is 1. The molecule has 1 heterocycles. The van der Waals surface area contributed by atoms with Crippen LogP contribution in [0.1, 0.15) is 18.4 Å². The molecule has 0 atom stereocenters. The van der Waals surface area contributed by atoms with Crippen molar-refractivity contribution < 1.29 is 0 Å². The van der Waals surface area contributed by atoms with Gasteiger partial charge in [0.1, 0.15) is 0 Å². The first-order chi connectivity index (χ1) is 7.93. The van der Waals surface area contributed by atoms with Crippen molar-refractivity contribution in [2.75, 3.05) is 6.54 Å². The Morgan fingerprint density at radius 1 is 1.31 bits per heavy atom. The molecule has 0 bridgehead atoms. The largest absolute Gasteiger partial charge is 0.361 e. The van der Waals surface area contributed by atoms with Gasteiger partial charge in [0, 0.05) is 29.9 Å². The van der Waals surface area contributed by atoms with Crippen LogP contribution in [0.15, 0.2) is 35.5 Å². The van der Waals surface area contributed by atoms with Gasteiger partial charge in [-0.3, -0.25) is 4.99 Å². The Hall–Kier alpha value is -1.57. The van der Waals surface area contributed by atoms with Crippen LogP contribution < -0.4 is 0 Å². The quantitative estimate of drug-likeness (QED) is 0.754. The highest BCUT2D eigenvalue weighted by atomic mass is 14.7. The average Bonchev–Trinajstić information content (AvgIpc) is 3.05. The van der Waals surface area contributed by atoms with Crippen molar-refractivity contribution in [2.24, 2.45) is 10.9 Å². The van der Waals surface area contributed by atoms with E-state index in [4.69, 9.17) is 0 Å². The third kappa shape index (κ3) is 2.01. The molecule has 0 radical (unpaired) electrons. The van der Waals surface area contributed by atoms with Gasteiger partial charge in [0.05, 0.1) is 0 Å². The normalized spacial score (nSPS) is 16.2. The number of aromatic amines is 1. The maximum absolute atomic E-state index is 4.48. The summed E-state index contributed by atoms with van der Waals surface area (Å²) in [6, 6.07) is 8.44. The second kappa shape index (κ2) is 4.12. The van der Waals surface area contributed by atoms with Crippen LogP contribution in [0.25, 0.3) is 10.9 Å². The summed E-state index contributed by atoms with van der Waals surface area (Å²) in [6.07, 6.45) is 7.96. The van der Waals surface area contributed by atoms with Crippen LogP contribution in [0.5, 0.6) is 0 Å². The SMILES string of the molecule is C(=NCCc1c[nH]c2ccccc12)C1CC1. The van der Waals surface area contributed by atoms with E-state index in [1.54, 1.807) is 0 Å². The highest BCUT2D eigenvalue weighted by Gasteiger charge is 2.17. The number of fused-ring (bicyclic) bond motifs is 1. The van der Waals surface area contributed by atoms with Crippen molar-refractivity contribution in [3.05, 3.63) is 36.0 Å². The van der Waals surface area contributed by atoms with Gasteiger partial charge in [-0.1, -0.05) is 18.2 Å². The third-order valence-electron chi connectivity index (χ3n) is 3.12. The maximum atomic E-state index is 4.48. The lowest BCUT2D eigenvalue weighted by molar-refractivity contribution is 0.970. The Balaban J connectivity index is 1.68. The zero-order chi connectivity index (χ0) is 10.8. The van der Waals surface area contributed by atoms with Crippen LogP contribution in [-0.4, -0.2) is 17.7 Å². The van der Waals surface area contributed by atoms with Gasteiger partial charge in [-0.15, -0.1) is 0 Å². The molecule has 0 saturated heterocycles. The Kier molecular flexibility index (Phi) is 2.49. The van der Waals surface area contributed by atoms with Crippen molar-refractivity contribution in [1.29, 1.82) is 0 Å². The van der Waals surface area contributed by atoms with Gasteiger partial charge in [0.25, 0.3) is 0 Å². The fourth-order valence-corrected chi connectivity index (χ4v) is 1.99. The third-order valence-corrected chi connectivity index (χ3v) is 3.12. The fraction of sp³-hybridized carbons (Fsp3) is 0.357. The molecule has 0 unspecified atom stereocenters. The molecule has 2 aromatic rings. The van der Waals surface area contributed by atoms with E-state index in [0.717, 1.165) is 18.9 Å². The highest BCUT2D eigenvalue weighted by Crippen LogP contribution is 2.26. The molecule has 0 spiro atoms. The zero-order valence-electron chi connectivity index (χ0n) is 9.32. The second-order valence-corrected chi connectivity index (χ2v) is 4.50. The van der Waals surface area contributed by atoms with Crippen LogP contribution in [0.2, 0.25) is 0 Å². The molecular weight excluding hydrogens is 196 g/mol. The molecule has 2 heteroatoms. The number of hydrogen-bond donors (Lipinski definition) is 1. The zero-order valence-corrected chi connectivity index (χ0v) is 9.32. The van der Waals surface area contributed by atoms with E-state index in [9.17, 15) is 0 Å². The molecule has 1 aromatic heterocycles. The molecule has 1 aromatic carbocycles. The van der Waals surface area contributed by atoms with E-state index in [1.165, 1.54) is 29.3 Å². The summed E-state index contributed by atoms with van der Waals surface area (Å²) in [5, 5.41) is 1.34. The first-order valence-electron chi connectivity index (χ1n) is 5.98. The lowest BCUT2D eigenvalue weighted by Crippen LogP contribution is -1.89. The molecular formula is C14H16N2. The summed E-state index contributed by atoms with van der Waals surface area (Å²) in [6.45, 7) is 0.915. The average molecular weight is 212 g/mol. The smallest absolute Gasteiger partial charge is 0.0456 e. The molecule has 1 N–H and O–H groups in total. The van der Waals surface area contributed by atoms with Gasteiger partial charge < -0.3 is 4.98 Å². The van der Waals surface area contributed by atoms with Crippen molar-refractivity contribution >= 4 is 17.1 Å². The summed E-state index contributed by atoms with van der Waals surface area (Å²) in [4.78, 5) is 7.77. The molecule has 1 aliphatic rings.